The number of benzene rings is 2. The van der Waals surface area contributed by atoms with Gasteiger partial charge in [0.25, 0.3) is 0 Å². The van der Waals surface area contributed by atoms with Crippen LogP contribution in [-0.2, 0) is 0 Å². The Morgan fingerprint density at radius 2 is 1.82 bits per heavy atom. The maximum Gasteiger partial charge on any atom is 0.247 e. The summed E-state index contributed by atoms with van der Waals surface area (Å²) in [7, 11) is 0. The van der Waals surface area contributed by atoms with E-state index in [2.05, 4.69) is 10.2 Å². The van der Waals surface area contributed by atoms with Gasteiger partial charge in [-0.3, -0.25) is 4.79 Å². The summed E-state index contributed by atoms with van der Waals surface area (Å²) in [6, 6.07) is 13.8. The zero-order chi connectivity index (χ0) is 15.4. The molecule has 0 saturated carbocycles. The van der Waals surface area contributed by atoms with Crippen molar-refractivity contribution in [3.05, 3.63) is 65.5 Å². The van der Waals surface area contributed by atoms with Gasteiger partial charge in [0.2, 0.25) is 12.3 Å². The van der Waals surface area contributed by atoms with E-state index in [1.807, 2.05) is 0 Å². The Morgan fingerprint density at radius 3 is 2.45 bits per heavy atom. The number of carbonyl (C=O) groups is 1. The summed E-state index contributed by atoms with van der Waals surface area (Å²) >= 11 is 5.79. The molecule has 1 aromatic heterocycles. The van der Waals surface area contributed by atoms with Crippen LogP contribution in [0.5, 0.6) is 5.75 Å². The molecule has 6 heteroatoms. The monoisotopic (exact) mass is 314 g/mol. The number of hydrogen-bond acceptors (Lipinski definition) is 5. The van der Waals surface area contributed by atoms with Crippen LogP contribution in [0.1, 0.15) is 10.4 Å². The van der Waals surface area contributed by atoms with Crippen molar-refractivity contribution in [2.75, 3.05) is 6.61 Å². The third-order valence-corrected chi connectivity index (χ3v) is 3.25. The van der Waals surface area contributed by atoms with E-state index in [0.717, 1.165) is 5.56 Å². The fourth-order valence-electron chi connectivity index (χ4n) is 1.86. The molecule has 0 unspecified atom stereocenters. The van der Waals surface area contributed by atoms with Crippen molar-refractivity contribution < 1.29 is 13.9 Å². The first kappa shape index (κ1) is 14.3. The average molecular weight is 315 g/mol. The van der Waals surface area contributed by atoms with E-state index < -0.39 is 0 Å². The quantitative estimate of drug-likeness (QED) is 0.672. The normalized spacial score (nSPS) is 10.4. The molecule has 0 aliphatic rings. The number of Topliss-reactive ketones (excluding diaryl/α,β-unsaturated/α-hetero) is 1. The maximum atomic E-state index is 12.0. The highest BCUT2D eigenvalue weighted by atomic mass is 35.5. The summed E-state index contributed by atoms with van der Waals surface area (Å²) in [6.45, 7) is -0.0401. The largest absolute Gasteiger partial charge is 0.485 e. The zero-order valence-electron chi connectivity index (χ0n) is 11.4. The van der Waals surface area contributed by atoms with Crippen molar-refractivity contribution in [3.63, 3.8) is 0 Å². The Balaban J connectivity index is 1.61. The van der Waals surface area contributed by atoms with Crippen LogP contribution in [0.2, 0.25) is 5.02 Å². The standard InChI is InChI=1S/C16H11ClN2O3/c17-13-5-1-11(2-6-13)15(20)9-21-14-7-3-12(4-8-14)16-19-18-10-22-16/h1-8,10H,9H2. The molecule has 0 fully saturated rings. The van der Waals surface area contributed by atoms with Crippen LogP contribution < -0.4 is 4.74 Å². The molecule has 0 spiro atoms. The molecule has 22 heavy (non-hydrogen) atoms. The summed E-state index contributed by atoms with van der Waals surface area (Å²) in [4.78, 5) is 12.0. The van der Waals surface area contributed by atoms with Crippen LogP contribution in [0.4, 0.5) is 0 Å². The molecule has 3 aromatic rings. The smallest absolute Gasteiger partial charge is 0.247 e. The molecule has 0 aliphatic heterocycles. The van der Waals surface area contributed by atoms with Crippen LogP contribution in [-0.4, -0.2) is 22.6 Å². The molecule has 0 atom stereocenters. The molecule has 5 nitrogen and oxygen atoms in total. The number of ketones is 1. The van der Waals surface area contributed by atoms with Crippen molar-refractivity contribution in [3.8, 4) is 17.2 Å². The summed E-state index contributed by atoms with van der Waals surface area (Å²) in [5.74, 6) is 0.909. The molecule has 0 aliphatic carbocycles. The predicted molar refractivity (Wildman–Crippen MR) is 81.0 cm³/mol. The summed E-state index contributed by atoms with van der Waals surface area (Å²) < 4.78 is 10.6. The van der Waals surface area contributed by atoms with Crippen molar-refractivity contribution >= 4 is 17.4 Å². The minimum absolute atomic E-state index is 0.0401. The van der Waals surface area contributed by atoms with E-state index in [9.17, 15) is 4.79 Å². The van der Waals surface area contributed by atoms with Crippen LogP contribution in [0.15, 0.2) is 59.3 Å². The number of ether oxygens (including phenoxy) is 1. The highest BCUT2D eigenvalue weighted by Gasteiger charge is 2.08. The molecule has 2 aromatic carbocycles. The topological polar surface area (TPSA) is 65.2 Å². The van der Waals surface area contributed by atoms with Gasteiger partial charge < -0.3 is 9.15 Å². The first-order valence-corrected chi connectivity index (χ1v) is 6.88. The van der Waals surface area contributed by atoms with E-state index in [-0.39, 0.29) is 12.4 Å². The fraction of sp³-hybridized carbons (Fsp3) is 0.0625. The summed E-state index contributed by atoms with van der Waals surface area (Å²) in [5, 5.41) is 8.02. The summed E-state index contributed by atoms with van der Waals surface area (Å²) in [6.07, 6.45) is 1.27. The highest BCUT2D eigenvalue weighted by molar-refractivity contribution is 6.30. The molecule has 0 radical (unpaired) electrons. The summed E-state index contributed by atoms with van der Waals surface area (Å²) in [5.41, 5.74) is 1.35. The average Bonchev–Trinajstić information content (AvgIpc) is 3.08. The molecule has 0 bridgehead atoms. The van der Waals surface area contributed by atoms with Crippen molar-refractivity contribution in [1.29, 1.82) is 0 Å². The lowest BCUT2D eigenvalue weighted by Crippen LogP contribution is -2.11. The van der Waals surface area contributed by atoms with Crippen molar-refractivity contribution in [2.24, 2.45) is 0 Å². The SMILES string of the molecule is O=C(COc1ccc(-c2nnco2)cc1)c1ccc(Cl)cc1. The number of hydrogen-bond donors (Lipinski definition) is 0. The Labute approximate surface area is 131 Å². The van der Waals surface area contributed by atoms with Crippen LogP contribution in [0.25, 0.3) is 11.5 Å². The van der Waals surface area contributed by atoms with Gasteiger partial charge in [-0.2, -0.15) is 0 Å². The number of nitrogens with zero attached hydrogens (tertiary/aromatic N) is 2. The predicted octanol–water partition coefficient (Wildman–Crippen LogP) is 3.65. The van der Waals surface area contributed by atoms with Gasteiger partial charge >= 0.3 is 0 Å². The second-order valence-corrected chi connectivity index (χ2v) is 4.92. The lowest BCUT2D eigenvalue weighted by atomic mass is 10.1. The van der Waals surface area contributed by atoms with Gasteiger partial charge in [0, 0.05) is 16.1 Å². The lowest BCUT2D eigenvalue weighted by molar-refractivity contribution is 0.0921. The fourth-order valence-corrected chi connectivity index (χ4v) is 1.99. The molecule has 0 saturated heterocycles. The van der Waals surface area contributed by atoms with E-state index in [1.165, 1.54) is 6.39 Å². The van der Waals surface area contributed by atoms with Crippen LogP contribution >= 0.6 is 11.6 Å². The third kappa shape index (κ3) is 3.32. The number of rotatable bonds is 5. The minimum Gasteiger partial charge on any atom is -0.485 e. The second kappa shape index (κ2) is 6.41. The third-order valence-electron chi connectivity index (χ3n) is 3.00. The first-order chi connectivity index (χ1) is 10.7. The van der Waals surface area contributed by atoms with Gasteiger partial charge in [0.15, 0.2) is 12.4 Å². The molecule has 3 rings (SSSR count). The van der Waals surface area contributed by atoms with Gasteiger partial charge in [-0.15, -0.1) is 10.2 Å². The van der Waals surface area contributed by atoms with Gasteiger partial charge in [0.1, 0.15) is 5.75 Å². The number of aromatic nitrogens is 2. The van der Waals surface area contributed by atoms with Crippen molar-refractivity contribution in [2.45, 2.75) is 0 Å². The minimum atomic E-state index is -0.113. The van der Waals surface area contributed by atoms with E-state index >= 15 is 0 Å². The molecule has 1 heterocycles. The molecule has 110 valence electrons. The van der Waals surface area contributed by atoms with Crippen LogP contribution in [0, 0.1) is 0 Å². The maximum absolute atomic E-state index is 12.0. The Morgan fingerprint density at radius 1 is 1.09 bits per heavy atom. The van der Waals surface area contributed by atoms with Gasteiger partial charge in [-0.25, -0.2) is 0 Å². The molecular formula is C16H11ClN2O3. The van der Waals surface area contributed by atoms with Gasteiger partial charge in [-0.1, -0.05) is 11.6 Å². The first-order valence-electron chi connectivity index (χ1n) is 6.50. The lowest BCUT2D eigenvalue weighted by Gasteiger charge is -2.06. The molecule has 0 amide bonds. The highest BCUT2D eigenvalue weighted by Crippen LogP contribution is 2.20. The van der Waals surface area contributed by atoms with E-state index in [4.69, 9.17) is 20.8 Å². The molecular weight excluding hydrogens is 304 g/mol. The van der Waals surface area contributed by atoms with Crippen LogP contribution in [0.3, 0.4) is 0 Å². The van der Waals surface area contributed by atoms with E-state index in [1.54, 1.807) is 48.5 Å². The Bertz CT molecular complexity index is 753. The van der Waals surface area contributed by atoms with Crippen molar-refractivity contribution in [1.82, 2.24) is 10.2 Å². The van der Waals surface area contributed by atoms with E-state index in [0.29, 0.717) is 22.2 Å². The Hall–Kier alpha value is -2.66. The van der Waals surface area contributed by atoms with Gasteiger partial charge in [-0.05, 0) is 48.5 Å². The van der Waals surface area contributed by atoms with Gasteiger partial charge in [0.05, 0.1) is 0 Å². The molecule has 0 N–H and O–H groups in total. The Kier molecular flexibility index (Phi) is 4.16. The number of carbonyl (C=O) groups excluding carboxylic acids is 1. The zero-order valence-corrected chi connectivity index (χ0v) is 12.2. The number of halogens is 1. The second-order valence-electron chi connectivity index (χ2n) is 4.49.